The van der Waals surface area contributed by atoms with E-state index < -0.39 is 0 Å². The zero-order valence-electron chi connectivity index (χ0n) is 7.94. The van der Waals surface area contributed by atoms with E-state index >= 15 is 0 Å². The highest BCUT2D eigenvalue weighted by Gasteiger charge is 1.93. The minimum atomic E-state index is 0.623. The van der Waals surface area contributed by atoms with Crippen LogP contribution in [0.4, 0.5) is 0 Å². The quantitative estimate of drug-likeness (QED) is 0.512. The molecule has 0 rings (SSSR count). The molecule has 0 radical (unpaired) electrons. The van der Waals surface area contributed by atoms with Crippen molar-refractivity contribution in [3.63, 3.8) is 0 Å². The molecule has 0 N–H and O–H groups in total. The normalized spacial score (nSPS) is 10.4. The van der Waals surface area contributed by atoms with Gasteiger partial charge in [-0.3, -0.25) is 0 Å². The average Bonchev–Trinajstić information content (AvgIpc) is 1.94. The molecule has 0 fully saturated rings. The first kappa shape index (κ1) is 12.2. The molecule has 0 nitrogen and oxygen atoms in total. The lowest BCUT2D eigenvalue weighted by Crippen LogP contribution is -1.87. The molecule has 0 bridgehead atoms. The predicted molar refractivity (Wildman–Crippen MR) is 50.1 cm³/mol. The van der Waals surface area contributed by atoms with Gasteiger partial charge in [-0.25, -0.2) is 0 Å². The van der Waals surface area contributed by atoms with Crippen molar-refractivity contribution >= 4 is 0 Å². The molecular weight excluding hydrogens is 120 g/mol. The van der Waals surface area contributed by atoms with E-state index in [1.54, 1.807) is 0 Å². The summed E-state index contributed by atoms with van der Waals surface area (Å²) in [5.41, 5.74) is 1.32. The van der Waals surface area contributed by atoms with Crippen molar-refractivity contribution in [2.75, 3.05) is 0 Å². The van der Waals surface area contributed by atoms with Crippen molar-refractivity contribution in [3.8, 4) is 0 Å². The summed E-state index contributed by atoms with van der Waals surface area (Å²) in [6, 6.07) is 0. The van der Waals surface area contributed by atoms with Crippen LogP contribution in [0.25, 0.3) is 0 Å². The highest BCUT2D eigenvalue weighted by atomic mass is 14.0. The Morgan fingerprint density at radius 2 is 1.70 bits per heavy atom. The number of hydrogen-bond acceptors (Lipinski definition) is 0. The monoisotopic (exact) mass is 140 g/mol. The molecular formula is C10H20. The van der Waals surface area contributed by atoms with Crippen molar-refractivity contribution in [3.05, 3.63) is 24.3 Å². The summed E-state index contributed by atoms with van der Waals surface area (Å²) in [4.78, 5) is 0. The molecule has 0 aliphatic rings. The summed E-state index contributed by atoms with van der Waals surface area (Å²) >= 11 is 0. The Hall–Kier alpha value is -0.520. The number of hydrogen-bond donors (Lipinski definition) is 0. The van der Waals surface area contributed by atoms with E-state index in [0.717, 1.165) is 0 Å². The second-order valence-electron chi connectivity index (χ2n) is 2.15. The molecule has 0 aliphatic carbocycles. The van der Waals surface area contributed by atoms with Gasteiger partial charge in [0.05, 0.1) is 0 Å². The first-order valence-corrected chi connectivity index (χ1v) is 4.01. The molecule has 0 aromatic carbocycles. The van der Waals surface area contributed by atoms with Crippen molar-refractivity contribution < 1.29 is 0 Å². The minimum Gasteiger partial charge on any atom is -0.0988 e. The Balaban J connectivity index is 0. The predicted octanol–water partition coefficient (Wildman–Crippen LogP) is 3.80. The maximum absolute atomic E-state index is 3.68. The molecule has 0 heterocycles. The van der Waals surface area contributed by atoms with Crippen LogP contribution in [0.15, 0.2) is 24.3 Å². The van der Waals surface area contributed by atoms with Gasteiger partial charge in [-0.1, -0.05) is 52.0 Å². The van der Waals surface area contributed by atoms with E-state index in [0.29, 0.717) is 5.92 Å². The van der Waals surface area contributed by atoms with Crippen LogP contribution in [-0.4, -0.2) is 0 Å². The van der Waals surface area contributed by atoms with Crippen LogP contribution in [0.1, 0.15) is 34.6 Å². The van der Waals surface area contributed by atoms with Crippen molar-refractivity contribution in [2.24, 2.45) is 5.92 Å². The van der Waals surface area contributed by atoms with E-state index in [9.17, 15) is 0 Å². The molecule has 0 atom stereocenters. The van der Waals surface area contributed by atoms with E-state index in [1.165, 1.54) is 5.57 Å². The molecule has 10 heavy (non-hydrogen) atoms. The van der Waals surface area contributed by atoms with Crippen molar-refractivity contribution in [2.45, 2.75) is 34.6 Å². The largest absolute Gasteiger partial charge is 0.0988 e. The second-order valence-corrected chi connectivity index (χ2v) is 2.15. The lowest BCUT2D eigenvalue weighted by Gasteiger charge is -2.02. The fraction of sp³-hybridized carbons (Fsp3) is 0.600. The van der Waals surface area contributed by atoms with E-state index in [-0.39, 0.29) is 0 Å². The van der Waals surface area contributed by atoms with Gasteiger partial charge in [0, 0.05) is 0 Å². The summed E-state index contributed by atoms with van der Waals surface area (Å²) in [7, 11) is 0. The summed E-state index contributed by atoms with van der Waals surface area (Å²) in [6.07, 6.45) is 4.00. The van der Waals surface area contributed by atoms with Crippen LogP contribution in [0.3, 0.4) is 0 Å². The third-order valence-corrected chi connectivity index (χ3v) is 1.24. The lowest BCUT2D eigenvalue weighted by atomic mass is 10.0. The number of rotatable bonds is 2. The van der Waals surface area contributed by atoms with Gasteiger partial charge >= 0.3 is 0 Å². The van der Waals surface area contributed by atoms with Crippen LogP contribution in [0, 0.1) is 5.92 Å². The van der Waals surface area contributed by atoms with Gasteiger partial charge in [-0.05, 0) is 12.8 Å². The molecule has 0 aromatic heterocycles. The highest BCUT2D eigenvalue weighted by molar-refractivity contribution is 5.16. The van der Waals surface area contributed by atoms with E-state index in [2.05, 4.69) is 26.5 Å². The SMILES string of the molecule is C=C/C(=C\C)C(C)C.CC. The standard InChI is InChI=1S/C8H14.C2H6/c1-5-8(6-2)7(3)4;1-2/h5-7H,1H2,2-4H3;1-2H3/b8-6+;. The first-order chi connectivity index (χ1) is 4.72. The molecule has 60 valence electrons. The van der Waals surface area contributed by atoms with Gasteiger partial charge in [0.1, 0.15) is 0 Å². The molecule has 0 aromatic rings. The van der Waals surface area contributed by atoms with Crippen LogP contribution >= 0.6 is 0 Å². The van der Waals surface area contributed by atoms with E-state index in [4.69, 9.17) is 0 Å². The van der Waals surface area contributed by atoms with Gasteiger partial charge in [0.15, 0.2) is 0 Å². The molecule has 0 spiro atoms. The van der Waals surface area contributed by atoms with Crippen LogP contribution in [0.2, 0.25) is 0 Å². The molecule has 0 unspecified atom stereocenters. The minimum absolute atomic E-state index is 0.623. The van der Waals surface area contributed by atoms with Gasteiger partial charge in [-0.15, -0.1) is 0 Å². The Morgan fingerprint density at radius 3 is 1.70 bits per heavy atom. The summed E-state index contributed by atoms with van der Waals surface area (Å²) in [6.45, 7) is 14.1. The Kier molecular flexibility index (Phi) is 10.3. The number of allylic oxidation sites excluding steroid dienone is 3. The van der Waals surface area contributed by atoms with E-state index in [1.807, 2.05) is 26.8 Å². The van der Waals surface area contributed by atoms with Gasteiger partial charge in [-0.2, -0.15) is 0 Å². The summed E-state index contributed by atoms with van der Waals surface area (Å²) < 4.78 is 0. The molecule has 0 amide bonds. The molecule has 0 saturated heterocycles. The maximum atomic E-state index is 3.68. The highest BCUT2D eigenvalue weighted by Crippen LogP contribution is 2.08. The molecule has 0 saturated carbocycles. The summed E-state index contributed by atoms with van der Waals surface area (Å²) in [5, 5.41) is 0. The molecule has 0 heteroatoms. The zero-order valence-corrected chi connectivity index (χ0v) is 7.94. The van der Waals surface area contributed by atoms with Crippen molar-refractivity contribution in [1.82, 2.24) is 0 Å². The van der Waals surface area contributed by atoms with Gasteiger partial charge in [0.25, 0.3) is 0 Å². The topological polar surface area (TPSA) is 0 Å². The average molecular weight is 140 g/mol. The summed E-state index contributed by atoms with van der Waals surface area (Å²) in [5.74, 6) is 0.623. The zero-order chi connectivity index (χ0) is 8.57. The van der Waals surface area contributed by atoms with Gasteiger partial charge < -0.3 is 0 Å². The fourth-order valence-electron chi connectivity index (χ4n) is 0.687. The third kappa shape index (κ3) is 5.61. The lowest BCUT2D eigenvalue weighted by molar-refractivity contribution is 0.790. The van der Waals surface area contributed by atoms with Crippen LogP contribution in [-0.2, 0) is 0 Å². The maximum Gasteiger partial charge on any atom is -0.0222 e. The van der Waals surface area contributed by atoms with Crippen molar-refractivity contribution in [1.29, 1.82) is 0 Å². The Bertz CT molecular complexity index is 96.6. The Labute approximate surface area is 65.7 Å². The Morgan fingerprint density at radius 1 is 1.30 bits per heavy atom. The smallest absolute Gasteiger partial charge is 0.0222 e. The second kappa shape index (κ2) is 8.48. The van der Waals surface area contributed by atoms with Crippen LogP contribution < -0.4 is 0 Å². The van der Waals surface area contributed by atoms with Crippen LogP contribution in [0.5, 0.6) is 0 Å². The molecule has 0 aliphatic heterocycles. The van der Waals surface area contributed by atoms with Gasteiger partial charge in [0.2, 0.25) is 0 Å². The fourth-order valence-corrected chi connectivity index (χ4v) is 0.687. The third-order valence-electron chi connectivity index (χ3n) is 1.24. The first-order valence-electron chi connectivity index (χ1n) is 4.01.